The zero-order valence-corrected chi connectivity index (χ0v) is 21.9. The van der Waals surface area contributed by atoms with Crippen molar-refractivity contribution in [2.24, 2.45) is 0 Å². The number of amides is 2. The van der Waals surface area contributed by atoms with E-state index >= 15 is 0 Å². The average molecular weight is 539 g/mol. The molecule has 7 nitrogen and oxygen atoms in total. The number of halogens is 1. The van der Waals surface area contributed by atoms with Gasteiger partial charge in [0.05, 0.1) is 11.9 Å². The van der Waals surface area contributed by atoms with Gasteiger partial charge in [-0.2, -0.15) is 0 Å². The number of sulfonamides is 1. The number of hydrogen-bond donors (Lipinski definition) is 1. The van der Waals surface area contributed by atoms with E-state index in [1.165, 1.54) is 4.90 Å². The molecule has 2 aromatic rings. The van der Waals surface area contributed by atoms with Crippen molar-refractivity contribution >= 4 is 43.5 Å². The molecule has 0 aliphatic rings. The highest BCUT2D eigenvalue weighted by molar-refractivity contribution is 9.10. The molecular formula is C24H32BrN3O4S. The maximum absolute atomic E-state index is 13.5. The van der Waals surface area contributed by atoms with Crippen molar-refractivity contribution in [2.75, 3.05) is 23.7 Å². The van der Waals surface area contributed by atoms with Gasteiger partial charge in [0.25, 0.3) is 0 Å². The molecule has 180 valence electrons. The number of hydrogen-bond acceptors (Lipinski definition) is 4. The standard InChI is InChI=1S/C24H32BrN3O4S/c1-5-6-15-26-24(30)19(3)27(16-20-12-8-7-11-18(20)2)23(29)17-28(33(4,31)32)22-14-10-9-13-21(22)25/h7-14,19H,5-6,15-17H2,1-4H3,(H,26,30)/t19-/m0/s1. The first-order valence-electron chi connectivity index (χ1n) is 10.9. The van der Waals surface area contributed by atoms with Crippen LogP contribution in [-0.4, -0.2) is 50.5 Å². The summed E-state index contributed by atoms with van der Waals surface area (Å²) in [4.78, 5) is 27.7. The molecule has 0 unspecified atom stereocenters. The Morgan fingerprint density at radius 2 is 1.73 bits per heavy atom. The quantitative estimate of drug-likeness (QED) is 0.441. The van der Waals surface area contributed by atoms with Crippen LogP contribution in [0.25, 0.3) is 0 Å². The molecule has 0 aromatic heterocycles. The van der Waals surface area contributed by atoms with Crippen LogP contribution in [0, 0.1) is 6.92 Å². The molecule has 0 heterocycles. The van der Waals surface area contributed by atoms with Crippen molar-refractivity contribution < 1.29 is 18.0 Å². The molecule has 0 bridgehead atoms. The Labute approximate surface area is 205 Å². The lowest BCUT2D eigenvalue weighted by Gasteiger charge is -2.32. The van der Waals surface area contributed by atoms with E-state index in [0.717, 1.165) is 34.5 Å². The summed E-state index contributed by atoms with van der Waals surface area (Å²) in [5.41, 5.74) is 2.25. The number of unbranched alkanes of at least 4 members (excludes halogenated alkanes) is 1. The summed E-state index contributed by atoms with van der Waals surface area (Å²) in [5, 5.41) is 2.87. The van der Waals surface area contributed by atoms with Gasteiger partial charge in [-0.25, -0.2) is 8.42 Å². The highest BCUT2D eigenvalue weighted by Gasteiger charge is 2.30. The van der Waals surface area contributed by atoms with Gasteiger partial charge >= 0.3 is 0 Å². The summed E-state index contributed by atoms with van der Waals surface area (Å²) in [6.45, 7) is 5.94. The lowest BCUT2D eigenvalue weighted by atomic mass is 10.1. The number of aryl methyl sites for hydroxylation is 1. The van der Waals surface area contributed by atoms with Crippen LogP contribution < -0.4 is 9.62 Å². The summed E-state index contributed by atoms with van der Waals surface area (Å²) in [6, 6.07) is 13.7. The molecule has 1 N–H and O–H groups in total. The Morgan fingerprint density at radius 3 is 2.33 bits per heavy atom. The number of nitrogens with one attached hydrogen (secondary N) is 1. The third-order valence-corrected chi connectivity index (χ3v) is 7.20. The Morgan fingerprint density at radius 1 is 1.09 bits per heavy atom. The molecule has 33 heavy (non-hydrogen) atoms. The summed E-state index contributed by atoms with van der Waals surface area (Å²) >= 11 is 3.37. The normalized spacial score (nSPS) is 12.2. The molecule has 0 aliphatic carbocycles. The molecule has 1 atom stereocenters. The third kappa shape index (κ3) is 7.57. The topological polar surface area (TPSA) is 86.8 Å². The predicted molar refractivity (Wildman–Crippen MR) is 135 cm³/mol. The molecular weight excluding hydrogens is 506 g/mol. The van der Waals surface area contributed by atoms with Gasteiger partial charge in [0.2, 0.25) is 21.8 Å². The van der Waals surface area contributed by atoms with Crippen LogP contribution in [0.15, 0.2) is 53.0 Å². The van der Waals surface area contributed by atoms with E-state index < -0.39 is 28.5 Å². The van der Waals surface area contributed by atoms with Crippen molar-refractivity contribution in [1.29, 1.82) is 0 Å². The van der Waals surface area contributed by atoms with E-state index in [2.05, 4.69) is 21.2 Å². The minimum Gasteiger partial charge on any atom is -0.354 e. The van der Waals surface area contributed by atoms with Crippen LogP contribution in [0.1, 0.15) is 37.8 Å². The Hall–Kier alpha value is -2.39. The lowest BCUT2D eigenvalue weighted by Crippen LogP contribution is -2.51. The summed E-state index contributed by atoms with van der Waals surface area (Å²) < 4.78 is 26.8. The number of benzene rings is 2. The first-order chi connectivity index (χ1) is 15.6. The maximum Gasteiger partial charge on any atom is 0.244 e. The summed E-state index contributed by atoms with van der Waals surface area (Å²) in [6.07, 6.45) is 2.84. The zero-order chi connectivity index (χ0) is 24.6. The Balaban J connectivity index is 2.37. The van der Waals surface area contributed by atoms with Crippen molar-refractivity contribution in [3.63, 3.8) is 0 Å². The number of para-hydroxylation sites is 1. The second-order valence-electron chi connectivity index (χ2n) is 7.99. The fourth-order valence-corrected chi connectivity index (χ4v) is 4.82. The molecule has 0 radical (unpaired) electrons. The number of nitrogens with zero attached hydrogens (tertiary/aromatic N) is 2. The molecule has 9 heteroatoms. The monoisotopic (exact) mass is 537 g/mol. The highest BCUT2D eigenvalue weighted by atomic mass is 79.9. The molecule has 0 spiro atoms. The number of anilines is 1. The van der Waals surface area contributed by atoms with Gasteiger partial charge in [0.1, 0.15) is 12.6 Å². The van der Waals surface area contributed by atoms with Gasteiger partial charge in [0, 0.05) is 17.6 Å². The smallest absolute Gasteiger partial charge is 0.244 e. The van der Waals surface area contributed by atoms with E-state index in [1.807, 2.05) is 38.1 Å². The molecule has 0 saturated heterocycles. The van der Waals surface area contributed by atoms with Crippen LogP contribution >= 0.6 is 15.9 Å². The molecule has 2 aromatic carbocycles. The van der Waals surface area contributed by atoms with Gasteiger partial charge in [-0.15, -0.1) is 0 Å². The predicted octanol–water partition coefficient (Wildman–Crippen LogP) is 3.86. The summed E-state index contributed by atoms with van der Waals surface area (Å²) in [7, 11) is -3.76. The minimum absolute atomic E-state index is 0.196. The molecule has 0 fully saturated rings. The molecule has 0 aliphatic heterocycles. The Kier molecular flexibility index (Phi) is 9.91. The second-order valence-corrected chi connectivity index (χ2v) is 10.8. The maximum atomic E-state index is 13.5. The Bertz CT molecular complexity index is 1070. The fraction of sp³-hybridized carbons (Fsp3) is 0.417. The van der Waals surface area contributed by atoms with Crippen LogP contribution in [0.5, 0.6) is 0 Å². The fourth-order valence-electron chi connectivity index (χ4n) is 3.34. The SMILES string of the molecule is CCCCNC(=O)[C@H](C)N(Cc1ccccc1C)C(=O)CN(c1ccccc1Br)S(C)(=O)=O. The van der Waals surface area contributed by atoms with E-state index in [0.29, 0.717) is 16.7 Å². The van der Waals surface area contributed by atoms with Gasteiger partial charge in [-0.1, -0.05) is 49.7 Å². The van der Waals surface area contributed by atoms with Crippen molar-refractivity contribution in [3.8, 4) is 0 Å². The van der Waals surface area contributed by atoms with E-state index in [-0.39, 0.29) is 12.5 Å². The van der Waals surface area contributed by atoms with Gasteiger partial charge < -0.3 is 10.2 Å². The molecule has 2 rings (SSSR count). The number of carbonyl (C=O) groups excluding carboxylic acids is 2. The van der Waals surface area contributed by atoms with Crippen LogP contribution in [0.3, 0.4) is 0 Å². The van der Waals surface area contributed by atoms with E-state index in [4.69, 9.17) is 0 Å². The van der Waals surface area contributed by atoms with Gasteiger partial charge in [-0.3, -0.25) is 13.9 Å². The van der Waals surface area contributed by atoms with Crippen LogP contribution in [0.4, 0.5) is 5.69 Å². The van der Waals surface area contributed by atoms with Gasteiger partial charge in [-0.05, 0) is 59.5 Å². The summed E-state index contributed by atoms with van der Waals surface area (Å²) in [5.74, 6) is -0.727. The van der Waals surface area contributed by atoms with Crippen molar-refractivity contribution in [3.05, 3.63) is 64.1 Å². The van der Waals surface area contributed by atoms with Crippen LogP contribution in [0.2, 0.25) is 0 Å². The zero-order valence-electron chi connectivity index (χ0n) is 19.5. The number of rotatable bonds is 11. The largest absolute Gasteiger partial charge is 0.354 e. The number of carbonyl (C=O) groups is 2. The van der Waals surface area contributed by atoms with Crippen LogP contribution in [-0.2, 0) is 26.2 Å². The molecule has 2 amide bonds. The van der Waals surface area contributed by atoms with Crippen molar-refractivity contribution in [2.45, 2.75) is 46.2 Å². The lowest BCUT2D eigenvalue weighted by molar-refractivity contribution is -0.139. The minimum atomic E-state index is -3.76. The highest BCUT2D eigenvalue weighted by Crippen LogP contribution is 2.28. The first-order valence-corrected chi connectivity index (χ1v) is 13.5. The third-order valence-electron chi connectivity index (χ3n) is 5.40. The van der Waals surface area contributed by atoms with E-state index in [9.17, 15) is 18.0 Å². The van der Waals surface area contributed by atoms with E-state index in [1.54, 1.807) is 31.2 Å². The van der Waals surface area contributed by atoms with Gasteiger partial charge in [0.15, 0.2) is 0 Å². The van der Waals surface area contributed by atoms with Crippen molar-refractivity contribution in [1.82, 2.24) is 10.2 Å². The second kappa shape index (κ2) is 12.2. The first kappa shape index (κ1) is 26.9. The average Bonchev–Trinajstić information content (AvgIpc) is 2.76. The molecule has 0 saturated carbocycles.